The number of rotatable bonds is 10. The maximum Gasteiger partial charge on any atom is 0.255 e. The van der Waals surface area contributed by atoms with Crippen LogP contribution in [0.15, 0.2) is 88.8 Å². The van der Waals surface area contributed by atoms with Gasteiger partial charge in [-0.3, -0.25) is 14.6 Å². The van der Waals surface area contributed by atoms with Crippen LogP contribution in [0.2, 0.25) is 0 Å². The smallest absolute Gasteiger partial charge is 0.255 e. The number of ether oxygens (including phenoxy) is 1. The number of aromatic nitrogens is 1. The second-order valence-electron chi connectivity index (χ2n) is 11.0. The number of halogens is 2. The van der Waals surface area contributed by atoms with Crippen LogP contribution in [0.4, 0.5) is 8.96 Å². The summed E-state index contributed by atoms with van der Waals surface area (Å²) in [4.78, 5) is 33.1. The van der Waals surface area contributed by atoms with Gasteiger partial charge in [-0.1, -0.05) is 36.9 Å². The van der Waals surface area contributed by atoms with Crippen molar-refractivity contribution in [3.05, 3.63) is 96.2 Å². The van der Waals surface area contributed by atoms with Gasteiger partial charge in [0.1, 0.15) is 17.8 Å². The lowest BCUT2D eigenvalue weighted by Crippen LogP contribution is -2.31. The van der Waals surface area contributed by atoms with Gasteiger partial charge in [0.25, 0.3) is 5.91 Å². The van der Waals surface area contributed by atoms with Crippen molar-refractivity contribution in [3.8, 4) is 28.2 Å². The van der Waals surface area contributed by atoms with Crippen LogP contribution in [0.1, 0.15) is 47.2 Å². The average molecular weight is 632 g/mol. The summed E-state index contributed by atoms with van der Waals surface area (Å²) in [6.07, 6.45) is 5.58. The van der Waals surface area contributed by atoms with Crippen molar-refractivity contribution >= 4 is 29.2 Å². The molecule has 1 amide bonds. The normalized spacial score (nSPS) is 11.8. The molecule has 0 aliphatic carbocycles. The number of hydrogen-bond acceptors (Lipinski definition) is 8. The van der Waals surface area contributed by atoms with Crippen molar-refractivity contribution in [3.63, 3.8) is 0 Å². The van der Waals surface area contributed by atoms with Crippen LogP contribution in [0.3, 0.4) is 0 Å². The quantitative estimate of drug-likeness (QED) is 0.0632. The van der Waals surface area contributed by atoms with Gasteiger partial charge >= 0.3 is 0 Å². The maximum atomic E-state index is 13.1. The molecule has 2 heterocycles. The molecule has 0 fully saturated rings. The number of carbonyl (C=O) groups excluding carboxylic acids is 2. The molecule has 11 heteroatoms. The minimum atomic E-state index is -0.924. The van der Waals surface area contributed by atoms with Crippen molar-refractivity contribution in [1.29, 1.82) is 0 Å². The third-order valence-corrected chi connectivity index (χ3v) is 6.75. The van der Waals surface area contributed by atoms with Gasteiger partial charge in [0.2, 0.25) is 11.6 Å². The van der Waals surface area contributed by atoms with Gasteiger partial charge in [0, 0.05) is 54.2 Å². The van der Waals surface area contributed by atoms with Gasteiger partial charge in [-0.25, -0.2) is 4.98 Å². The van der Waals surface area contributed by atoms with Crippen LogP contribution in [0.5, 0.6) is 5.75 Å². The fourth-order valence-electron chi connectivity index (χ4n) is 4.12. The van der Waals surface area contributed by atoms with Crippen LogP contribution < -0.4 is 15.4 Å². The van der Waals surface area contributed by atoms with E-state index in [1.54, 1.807) is 79.9 Å². The average Bonchev–Trinajstić information content (AvgIpc) is 3.43. The van der Waals surface area contributed by atoms with Crippen LogP contribution in [-0.2, 0) is 6.42 Å². The Bertz CT molecular complexity index is 1720. The second kappa shape index (κ2) is 16.4. The molecule has 0 saturated heterocycles. The highest BCUT2D eigenvalue weighted by Crippen LogP contribution is 2.37. The molecule has 9 nitrogen and oxygen atoms in total. The topological polar surface area (TPSA) is 109 Å². The van der Waals surface area contributed by atoms with E-state index in [1.807, 2.05) is 7.05 Å². The number of nitrogens with one attached hydrogen (secondary N) is 2. The first kappa shape index (κ1) is 35.5. The number of carbonyl (C=O) groups is 2. The minimum absolute atomic E-state index is 0.0947. The molecule has 0 aliphatic heterocycles. The predicted molar refractivity (Wildman–Crippen MR) is 178 cm³/mol. The van der Waals surface area contributed by atoms with Crippen LogP contribution in [-0.4, -0.2) is 61.6 Å². The number of furan rings is 1. The van der Waals surface area contributed by atoms with Gasteiger partial charge in [-0.15, -0.1) is 8.96 Å². The Morgan fingerprint density at radius 1 is 1.11 bits per heavy atom. The third-order valence-electron chi connectivity index (χ3n) is 6.75. The molecule has 2 aromatic heterocycles. The number of benzene rings is 2. The molecule has 2 aromatic carbocycles. The molecule has 0 spiro atoms. The SMILES string of the molecule is C=C/C=C\C(=NC)Oc1ccc(-c2oc3nc(CCN(F)F)c(-c4cccc(C=O)c4)cc3c2C(=O)NC)cc1.CNC(C)(C)C. The summed E-state index contributed by atoms with van der Waals surface area (Å²) < 4.78 is 37.8. The number of hydrogen-bond donors (Lipinski definition) is 2. The van der Waals surface area contributed by atoms with E-state index in [4.69, 9.17) is 9.15 Å². The molecular weight excluding hydrogens is 592 g/mol. The summed E-state index contributed by atoms with van der Waals surface area (Å²) in [6.45, 7) is 9.45. The Labute approximate surface area is 267 Å². The van der Waals surface area contributed by atoms with Crippen molar-refractivity contribution in [2.24, 2.45) is 4.99 Å². The summed E-state index contributed by atoms with van der Waals surface area (Å²) in [5, 5.41) is 5.21. The Morgan fingerprint density at radius 3 is 2.37 bits per heavy atom. The molecule has 0 aliphatic rings. The van der Waals surface area contributed by atoms with Crippen LogP contribution >= 0.6 is 0 Å². The fraction of sp³-hybridized carbons (Fsp3) is 0.257. The van der Waals surface area contributed by atoms with Crippen molar-refractivity contribution < 1.29 is 27.7 Å². The Hall–Kier alpha value is -5.00. The largest absolute Gasteiger partial charge is 0.439 e. The number of aliphatic imine (C=N–C) groups is 1. The highest BCUT2D eigenvalue weighted by molar-refractivity contribution is 6.11. The summed E-state index contributed by atoms with van der Waals surface area (Å²) in [5.41, 5.74) is 3.09. The fourth-order valence-corrected chi connectivity index (χ4v) is 4.12. The van der Waals surface area contributed by atoms with E-state index in [-0.39, 0.29) is 23.5 Å². The number of allylic oxidation sites excluding steroid dienone is 2. The first-order chi connectivity index (χ1) is 21.9. The van der Waals surface area contributed by atoms with E-state index in [1.165, 1.54) is 7.05 Å². The van der Waals surface area contributed by atoms with Gasteiger partial charge in [0.05, 0.1) is 23.2 Å². The lowest BCUT2D eigenvalue weighted by Gasteiger charge is -2.15. The highest BCUT2D eigenvalue weighted by Gasteiger charge is 2.25. The number of amides is 1. The van der Waals surface area contributed by atoms with E-state index < -0.39 is 17.8 Å². The van der Waals surface area contributed by atoms with E-state index in [9.17, 15) is 18.6 Å². The van der Waals surface area contributed by atoms with Crippen molar-refractivity contribution in [2.45, 2.75) is 32.7 Å². The van der Waals surface area contributed by atoms with Crippen LogP contribution in [0.25, 0.3) is 33.6 Å². The number of aldehydes is 1. The van der Waals surface area contributed by atoms with Gasteiger partial charge in [0.15, 0.2) is 0 Å². The maximum absolute atomic E-state index is 13.1. The molecule has 0 atom stereocenters. The number of fused-ring (bicyclic) bond motifs is 1. The minimum Gasteiger partial charge on any atom is -0.439 e. The molecule has 242 valence electrons. The highest BCUT2D eigenvalue weighted by atomic mass is 19.4. The molecule has 0 unspecified atom stereocenters. The van der Waals surface area contributed by atoms with Crippen molar-refractivity contribution in [2.75, 3.05) is 27.7 Å². The monoisotopic (exact) mass is 631 g/mol. The standard InChI is InChI=1S/C30H26F2N4O4.C5H13N/c1-4-5-9-26(33-2)39-22-12-10-20(11-13-22)28-27(29(38)34-3)24-17-23(21-8-6-7-19(16-21)18-37)25(14-15-36(31)32)35-30(24)40-28;1-5(2,3)6-4/h4-13,16-18H,1,14-15H2,2-3H3,(H,34,38);6H,1-4H3/b9-5-,33-26?;. The lowest BCUT2D eigenvalue weighted by atomic mass is 9.97. The van der Waals surface area contributed by atoms with Gasteiger partial charge in [-0.2, -0.15) is 0 Å². The molecule has 4 aromatic rings. The van der Waals surface area contributed by atoms with E-state index >= 15 is 0 Å². The Kier molecular flexibility index (Phi) is 12.6. The summed E-state index contributed by atoms with van der Waals surface area (Å²) in [5.74, 6) is 0.734. The lowest BCUT2D eigenvalue weighted by molar-refractivity contribution is -0.151. The number of nitrogens with zero attached hydrogens (tertiary/aromatic N) is 3. The van der Waals surface area contributed by atoms with Crippen molar-refractivity contribution in [1.82, 2.24) is 21.0 Å². The summed E-state index contributed by atoms with van der Waals surface area (Å²) in [6, 6.07) is 15.3. The Balaban J connectivity index is 0.000000875. The Morgan fingerprint density at radius 2 is 1.80 bits per heavy atom. The van der Waals surface area contributed by atoms with Gasteiger partial charge in [-0.05, 0) is 69.8 Å². The zero-order valence-corrected chi connectivity index (χ0v) is 26.9. The first-order valence-electron chi connectivity index (χ1n) is 14.5. The molecule has 46 heavy (non-hydrogen) atoms. The second-order valence-corrected chi connectivity index (χ2v) is 11.0. The zero-order chi connectivity index (χ0) is 33.9. The van der Waals surface area contributed by atoms with E-state index in [0.717, 1.165) is 0 Å². The molecule has 0 radical (unpaired) electrons. The zero-order valence-electron chi connectivity index (χ0n) is 26.9. The summed E-state index contributed by atoms with van der Waals surface area (Å²) >= 11 is 0. The predicted octanol–water partition coefficient (Wildman–Crippen LogP) is 7.10. The van der Waals surface area contributed by atoms with Crippen LogP contribution in [0, 0.1) is 0 Å². The molecule has 0 saturated carbocycles. The third kappa shape index (κ3) is 9.50. The molecule has 0 bridgehead atoms. The molecule has 4 rings (SSSR count). The van der Waals surface area contributed by atoms with Gasteiger partial charge < -0.3 is 19.8 Å². The number of pyridine rings is 1. The first-order valence-corrected chi connectivity index (χ1v) is 14.5. The summed E-state index contributed by atoms with van der Waals surface area (Å²) in [7, 11) is 5.06. The van der Waals surface area contributed by atoms with E-state index in [2.05, 4.69) is 48.0 Å². The van der Waals surface area contributed by atoms with E-state index in [0.29, 0.717) is 56.8 Å². The molecule has 2 N–H and O–H groups in total. The molecular formula is C35H39F2N5O4.